The third-order valence-electron chi connectivity index (χ3n) is 4.10. The normalized spacial score (nSPS) is 14.2. The number of hydrogen-bond donors (Lipinski definition) is 0. The summed E-state index contributed by atoms with van der Waals surface area (Å²) in [5, 5.41) is 0.470. The lowest BCUT2D eigenvalue weighted by Crippen LogP contribution is -2.35. The summed E-state index contributed by atoms with van der Waals surface area (Å²) in [4.78, 5) is 41.7. The first-order valence-electron chi connectivity index (χ1n) is 7.94. The van der Waals surface area contributed by atoms with Crippen LogP contribution in [0.25, 0.3) is 0 Å². The molecule has 0 fully saturated rings. The molecule has 2 amide bonds. The van der Waals surface area contributed by atoms with Gasteiger partial charge in [-0.2, -0.15) is 0 Å². The van der Waals surface area contributed by atoms with Gasteiger partial charge in [0.25, 0.3) is 11.8 Å². The van der Waals surface area contributed by atoms with Crippen LogP contribution in [-0.4, -0.2) is 30.0 Å². The summed E-state index contributed by atoms with van der Waals surface area (Å²) in [5.74, 6) is -3.23. The van der Waals surface area contributed by atoms with Crippen molar-refractivity contribution in [1.29, 1.82) is 0 Å². The van der Waals surface area contributed by atoms with Crippen LogP contribution in [-0.2, 0) is 16.1 Å². The number of methoxy groups -OCH3 is 1. The minimum absolute atomic E-state index is 0.106. The largest absolute Gasteiger partial charge is 0.494 e. The van der Waals surface area contributed by atoms with E-state index < -0.39 is 29.5 Å². The van der Waals surface area contributed by atoms with E-state index in [1.165, 1.54) is 31.4 Å². The molecule has 1 atom stereocenters. The average molecular weight is 357 g/mol. The number of hydroxylamine groups is 2. The molecule has 1 aliphatic rings. The van der Waals surface area contributed by atoms with Crippen molar-refractivity contribution < 1.29 is 28.3 Å². The van der Waals surface area contributed by atoms with Gasteiger partial charge in [0.15, 0.2) is 11.6 Å². The lowest BCUT2D eigenvalue weighted by Gasteiger charge is -2.16. The lowest BCUT2D eigenvalue weighted by molar-refractivity contribution is -0.173. The monoisotopic (exact) mass is 357 g/mol. The highest BCUT2D eigenvalue weighted by atomic mass is 19.1. The van der Waals surface area contributed by atoms with E-state index in [9.17, 15) is 18.8 Å². The second-order valence-electron chi connectivity index (χ2n) is 5.93. The molecule has 3 rings (SSSR count). The van der Waals surface area contributed by atoms with E-state index in [4.69, 9.17) is 9.57 Å². The van der Waals surface area contributed by atoms with Crippen LogP contribution in [0.1, 0.15) is 33.2 Å². The molecule has 1 heterocycles. The number of benzene rings is 2. The van der Waals surface area contributed by atoms with Crippen molar-refractivity contribution in [3.05, 3.63) is 65.0 Å². The van der Waals surface area contributed by atoms with Crippen LogP contribution in [0.15, 0.2) is 42.5 Å². The summed E-state index contributed by atoms with van der Waals surface area (Å²) in [7, 11) is 1.36. The van der Waals surface area contributed by atoms with E-state index in [2.05, 4.69) is 0 Å². The van der Waals surface area contributed by atoms with Crippen molar-refractivity contribution >= 4 is 17.8 Å². The number of carbonyl (C=O) groups excluding carboxylic acids is 3. The molecular weight excluding hydrogens is 341 g/mol. The highest BCUT2D eigenvalue weighted by Gasteiger charge is 2.39. The fraction of sp³-hybridized carbons (Fsp3) is 0.211. The maximum atomic E-state index is 13.7. The Kier molecular flexibility index (Phi) is 4.71. The predicted octanol–water partition coefficient (Wildman–Crippen LogP) is 2.77. The summed E-state index contributed by atoms with van der Waals surface area (Å²) < 4.78 is 18.6. The van der Waals surface area contributed by atoms with Gasteiger partial charge < -0.3 is 9.57 Å². The van der Waals surface area contributed by atoms with Crippen molar-refractivity contribution in [2.75, 3.05) is 7.11 Å². The first-order chi connectivity index (χ1) is 12.4. The zero-order valence-corrected chi connectivity index (χ0v) is 14.2. The molecule has 0 saturated carbocycles. The molecule has 0 aromatic heterocycles. The van der Waals surface area contributed by atoms with Crippen molar-refractivity contribution in [3.63, 3.8) is 0 Å². The number of imide groups is 1. The molecule has 7 heteroatoms. The standard InChI is InChI=1S/C19H16FNO5/c1-11(9-12-7-8-16(25-2)15(20)10-12)19(24)26-21-17(22)13-5-3-4-6-14(13)18(21)23/h3-8,10-11H,9H2,1-2H3. The van der Waals surface area contributed by atoms with E-state index in [0.717, 1.165) is 0 Å². The van der Waals surface area contributed by atoms with Crippen LogP contribution in [0.2, 0.25) is 0 Å². The van der Waals surface area contributed by atoms with Crippen molar-refractivity contribution in [1.82, 2.24) is 5.06 Å². The summed E-state index contributed by atoms with van der Waals surface area (Å²) in [5.41, 5.74) is 0.945. The summed E-state index contributed by atoms with van der Waals surface area (Å²) >= 11 is 0. The van der Waals surface area contributed by atoms with Crippen LogP contribution in [0.4, 0.5) is 4.39 Å². The molecule has 2 aromatic rings. The van der Waals surface area contributed by atoms with Crippen LogP contribution >= 0.6 is 0 Å². The van der Waals surface area contributed by atoms with Gasteiger partial charge >= 0.3 is 5.97 Å². The third-order valence-corrected chi connectivity index (χ3v) is 4.10. The maximum Gasteiger partial charge on any atom is 0.336 e. The van der Waals surface area contributed by atoms with E-state index >= 15 is 0 Å². The number of hydrogen-bond acceptors (Lipinski definition) is 5. The summed E-state index contributed by atoms with van der Waals surface area (Å²) in [6, 6.07) is 10.6. The first kappa shape index (κ1) is 17.6. The number of nitrogens with zero attached hydrogens (tertiary/aromatic N) is 1. The van der Waals surface area contributed by atoms with E-state index in [-0.39, 0.29) is 23.3 Å². The molecule has 0 N–H and O–H groups in total. The molecule has 0 spiro atoms. The van der Waals surface area contributed by atoms with Crippen molar-refractivity contribution in [2.24, 2.45) is 5.92 Å². The van der Waals surface area contributed by atoms with Crippen LogP contribution in [0, 0.1) is 11.7 Å². The van der Waals surface area contributed by atoms with E-state index in [1.54, 1.807) is 25.1 Å². The lowest BCUT2D eigenvalue weighted by atomic mass is 10.0. The molecular formula is C19H16FNO5. The Morgan fingerprint density at radius 2 is 1.73 bits per heavy atom. The van der Waals surface area contributed by atoms with Gasteiger partial charge in [-0.25, -0.2) is 9.18 Å². The van der Waals surface area contributed by atoms with E-state index in [1.807, 2.05) is 0 Å². The molecule has 26 heavy (non-hydrogen) atoms. The second kappa shape index (κ2) is 6.95. The van der Waals surface area contributed by atoms with E-state index in [0.29, 0.717) is 10.6 Å². The van der Waals surface area contributed by atoms with Gasteiger partial charge in [-0.15, -0.1) is 0 Å². The predicted molar refractivity (Wildman–Crippen MR) is 88.9 cm³/mol. The number of amides is 2. The van der Waals surface area contributed by atoms with Gasteiger partial charge in [-0.1, -0.05) is 30.2 Å². The maximum absolute atomic E-state index is 13.7. The molecule has 6 nitrogen and oxygen atoms in total. The smallest absolute Gasteiger partial charge is 0.336 e. The first-order valence-corrected chi connectivity index (χ1v) is 7.94. The highest BCUT2D eigenvalue weighted by molar-refractivity contribution is 6.20. The Bertz CT molecular complexity index is 860. The Morgan fingerprint density at radius 3 is 2.27 bits per heavy atom. The summed E-state index contributed by atoms with van der Waals surface area (Å²) in [6.45, 7) is 1.57. The Labute approximate surface area is 149 Å². The fourth-order valence-electron chi connectivity index (χ4n) is 2.70. The topological polar surface area (TPSA) is 72.9 Å². The molecule has 0 radical (unpaired) electrons. The summed E-state index contributed by atoms with van der Waals surface area (Å²) in [6.07, 6.45) is 0.183. The zero-order chi connectivity index (χ0) is 18.8. The molecule has 0 aliphatic carbocycles. The van der Waals surface area contributed by atoms with Gasteiger partial charge in [0, 0.05) is 0 Å². The number of carbonyl (C=O) groups is 3. The minimum Gasteiger partial charge on any atom is -0.494 e. The SMILES string of the molecule is COc1ccc(CC(C)C(=O)ON2C(=O)c3ccccc3C2=O)cc1F. The van der Waals surface area contributed by atoms with Crippen molar-refractivity contribution in [3.8, 4) is 5.75 Å². The highest BCUT2D eigenvalue weighted by Crippen LogP contribution is 2.24. The molecule has 0 saturated heterocycles. The Morgan fingerprint density at radius 1 is 1.12 bits per heavy atom. The Balaban J connectivity index is 1.68. The number of ether oxygens (including phenoxy) is 1. The number of rotatable bonds is 5. The van der Waals surface area contributed by atoms with Crippen LogP contribution < -0.4 is 4.74 Å². The van der Waals surface area contributed by atoms with Crippen LogP contribution in [0.5, 0.6) is 5.75 Å². The zero-order valence-electron chi connectivity index (χ0n) is 14.2. The van der Waals surface area contributed by atoms with Gasteiger partial charge in [0.05, 0.1) is 24.2 Å². The molecule has 0 bridgehead atoms. The molecule has 134 valence electrons. The number of halogens is 1. The Hall–Kier alpha value is -3.22. The number of fused-ring (bicyclic) bond motifs is 1. The molecule has 1 unspecified atom stereocenters. The third kappa shape index (κ3) is 3.15. The second-order valence-corrected chi connectivity index (χ2v) is 5.93. The van der Waals surface area contributed by atoms with Gasteiger partial charge in [-0.05, 0) is 36.2 Å². The van der Waals surface area contributed by atoms with Crippen molar-refractivity contribution in [2.45, 2.75) is 13.3 Å². The van der Waals surface area contributed by atoms with Gasteiger partial charge in [0.1, 0.15) is 0 Å². The van der Waals surface area contributed by atoms with Gasteiger partial charge in [-0.3, -0.25) is 9.59 Å². The molecule has 2 aromatic carbocycles. The van der Waals surface area contributed by atoms with Gasteiger partial charge in [0.2, 0.25) is 0 Å². The molecule has 1 aliphatic heterocycles. The average Bonchev–Trinajstić information content (AvgIpc) is 2.87. The minimum atomic E-state index is -0.754. The van der Waals surface area contributed by atoms with Crippen LogP contribution in [0.3, 0.4) is 0 Å². The fourth-order valence-corrected chi connectivity index (χ4v) is 2.70. The quantitative estimate of drug-likeness (QED) is 0.770.